The van der Waals surface area contributed by atoms with Gasteiger partial charge in [-0.25, -0.2) is 14.5 Å². The number of aliphatic hydroxyl groups is 1. The molecule has 9 heteroatoms. The third kappa shape index (κ3) is 5.39. The summed E-state index contributed by atoms with van der Waals surface area (Å²) in [5.74, 6) is -1.33. The number of likely N-dealkylation sites (tertiary alicyclic amines) is 1. The molecule has 2 saturated heterocycles. The number of amides is 3. The molecule has 0 radical (unpaired) electrons. The van der Waals surface area contributed by atoms with E-state index in [1.54, 1.807) is 34.6 Å². The third-order valence-corrected chi connectivity index (χ3v) is 5.11. The van der Waals surface area contributed by atoms with E-state index in [4.69, 9.17) is 14.2 Å². The fraction of sp³-hybridized carbons (Fsp3) is 0.850. The molecular formula is C20H34N2O7. The van der Waals surface area contributed by atoms with Crippen molar-refractivity contribution in [1.29, 1.82) is 0 Å². The highest BCUT2D eigenvalue weighted by Gasteiger charge is 2.52. The SMILES string of the molecule is CCCCOC(=O)N1[C@@H]([C@@H](O)C2CCN(C(=O)OC(C)(C)C)C2=O)COC1(C)C. The van der Waals surface area contributed by atoms with Crippen LogP contribution in [-0.2, 0) is 19.0 Å². The standard InChI is InChI=1S/C20H34N2O7/c1-7-8-11-27-18(26)22-14(12-28-20(22,5)6)15(23)13-9-10-21(16(13)24)17(25)29-19(2,3)4/h13-15,23H,7-12H2,1-6H3/t13?,14-,15+/m1/s1. The van der Waals surface area contributed by atoms with Gasteiger partial charge >= 0.3 is 12.2 Å². The highest BCUT2D eigenvalue weighted by Crippen LogP contribution is 2.34. The predicted octanol–water partition coefficient (Wildman–Crippen LogP) is 2.50. The van der Waals surface area contributed by atoms with Crippen molar-refractivity contribution in [2.45, 2.75) is 84.3 Å². The molecule has 0 bridgehead atoms. The molecule has 3 amide bonds. The molecule has 2 aliphatic rings. The van der Waals surface area contributed by atoms with Gasteiger partial charge in [-0.3, -0.25) is 9.69 Å². The van der Waals surface area contributed by atoms with E-state index in [-0.39, 0.29) is 26.2 Å². The van der Waals surface area contributed by atoms with Crippen LogP contribution in [0.3, 0.4) is 0 Å². The smallest absolute Gasteiger partial charge is 0.417 e. The molecule has 0 aromatic heterocycles. The van der Waals surface area contributed by atoms with Crippen LogP contribution in [0, 0.1) is 5.92 Å². The highest BCUT2D eigenvalue weighted by molar-refractivity contribution is 5.95. The van der Waals surface area contributed by atoms with Gasteiger partial charge in [-0.1, -0.05) is 13.3 Å². The molecule has 0 aliphatic carbocycles. The molecule has 1 N–H and O–H groups in total. The number of hydrogen-bond acceptors (Lipinski definition) is 7. The van der Waals surface area contributed by atoms with Crippen molar-refractivity contribution in [3.05, 3.63) is 0 Å². The van der Waals surface area contributed by atoms with Crippen molar-refractivity contribution in [1.82, 2.24) is 9.80 Å². The van der Waals surface area contributed by atoms with Gasteiger partial charge in [0.05, 0.1) is 31.3 Å². The number of imide groups is 1. The number of aliphatic hydroxyl groups excluding tert-OH is 1. The van der Waals surface area contributed by atoms with Crippen LogP contribution in [0.15, 0.2) is 0 Å². The predicted molar refractivity (Wildman–Crippen MR) is 104 cm³/mol. The molecule has 166 valence electrons. The van der Waals surface area contributed by atoms with Crippen LogP contribution < -0.4 is 0 Å². The second-order valence-electron chi connectivity index (χ2n) is 9.02. The summed E-state index contributed by atoms with van der Waals surface area (Å²) < 4.78 is 16.3. The van der Waals surface area contributed by atoms with Gasteiger partial charge in [0.15, 0.2) is 0 Å². The average molecular weight is 414 g/mol. The minimum absolute atomic E-state index is 0.0766. The molecule has 1 unspecified atom stereocenters. The second-order valence-corrected chi connectivity index (χ2v) is 9.02. The Hall–Kier alpha value is -1.87. The molecule has 29 heavy (non-hydrogen) atoms. The fourth-order valence-corrected chi connectivity index (χ4v) is 3.60. The number of carbonyl (C=O) groups excluding carboxylic acids is 3. The molecular weight excluding hydrogens is 380 g/mol. The van der Waals surface area contributed by atoms with Gasteiger partial charge in [0.1, 0.15) is 11.3 Å². The minimum Gasteiger partial charge on any atom is -0.449 e. The molecule has 2 aliphatic heterocycles. The largest absolute Gasteiger partial charge is 0.449 e. The maximum absolute atomic E-state index is 12.8. The van der Waals surface area contributed by atoms with Crippen LogP contribution in [0.2, 0.25) is 0 Å². The normalized spacial score (nSPS) is 25.3. The summed E-state index contributed by atoms with van der Waals surface area (Å²) in [7, 11) is 0. The Morgan fingerprint density at radius 1 is 1.31 bits per heavy atom. The third-order valence-electron chi connectivity index (χ3n) is 5.11. The van der Waals surface area contributed by atoms with Crippen molar-refractivity contribution < 1.29 is 33.7 Å². The summed E-state index contributed by atoms with van der Waals surface area (Å²) in [5, 5.41) is 10.9. The summed E-state index contributed by atoms with van der Waals surface area (Å²) >= 11 is 0. The zero-order valence-corrected chi connectivity index (χ0v) is 18.3. The van der Waals surface area contributed by atoms with E-state index < -0.39 is 47.5 Å². The van der Waals surface area contributed by atoms with E-state index in [0.717, 1.165) is 17.7 Å². The molecule has 0 aromatic carbocycles. The number of carbonyl (C=O) groups is 3. The van der Waals surface area contributed by atoms with E-state index in [0.29, 0.717) is 0 Å². The first-order valence-corrected chi connectivity index (χ1v) is 10.2. The summed E-state index contributed by atoms with van der Waals surface area (Å²) in [6.07, 6.45) is -0.587. The van der Waals surface area contributed by atoms with Crippen LogP contribution in [0.1, 0.15) is 60.8 Å². The van der Waals surface area contributed by atoms with Crippen molar-refractivity contribution in [3.8, 4) is 0 Å². The van der Waals surface area contributed by atoms with E-state index in [9.17, 15) is 19.5 Å². The number of hydrogen-bond donors (Lipinski definition) is 1. The number of unbranched alkanes of at least 4 members (excludes halogenated alkanes) is 1. The molecule has 2 rings (SSSR count). The quantitative estimate of drug-likeness (QED) is 0.689. The molecule has 3 atom stereocenters. The van der Waals surface area contributed by atoms with Crippen molar-refractivity contribution >= 4 is 18.1 Å². The summed E-state index contributed by atoms with van der Waals surface area (Å²) in [6.45, 7) is 11.1. The summed E-state index contributed by atoms with van der Waals surface area (Å²) in [5.41, 5.74) is -1.70. The Morgan fingerprint density at radius 3 is 2.55 bits per heavy atom. The van der Waals surface area contributed by atoms with Crippen molar-refractivity contribution in [2.75, 3.05) is 19.8 Å². The fourth-order valence-electron chi connectivity index (χ4n) is 3.60. The van der Waals surface area contributed by atoms with Gasteiger partial charge in [0, 0.05) is 6.54 Å². The summed E-state index contributed by atoms with van der Waals surface area (Å²) in [6, 6.07) is -0.744. The Labute approximate surface area is 172 Å². The Balaban J connectivity index is 2.09. The first-order valence-electron chi connectivity index (χ1n) is 10.2. The topological polar surface area (TPSA) is 106 Å². The zero-order valence-electron chi connectivity index (χ0n) is 18.3. The molecule has 0 saturated carbocycles. The monoisotopic (exact) mass is 414 g/mol. The van der Waals surface area contributed by atoms with Crippen LogP contribution >= 0.6 is 0 Å². The number of ether oxygens (including phenoxy) is 3. The van der Waals surface area contributed by atoms with E-state index in [2.05, 4.69) is 0 Å². The van der Waals surface area contributed by atoms with Crippen LogP contribution in [0.5, 0.6) is 0 Å². The minimum atomic E-state index is -1.18. The lowest BCUT2D eigenvalue weighted by Crippen LogP contribution is -2.54. The average Bonchev–Trinajstić information content (AvgIpc) is 3.12. The molecule has 0 spiro atoms. The van der Waals surface area contributed by atoms with Crippen molar-refractivity contribution in [2.24, 2.45) is 5.92 Å². The molecule has 0 aromatic rings. The van der Waals surface area contributed by atoms with Crippen molar-refractivity contribution in [3.63, 3.8) is 0 Å². The first kappa shape index (κ1) is 23.4. The summed E-state index contributed by atoms with van der Waals surface area (Å²) in [4.78, 5) is 40.0. The lowest BCUT2D eigenvalue weighted by atomic mass is 9.94. The number of nitrogens with zero attached hydrogens (tertiary/aromatic N) is 2. The van der Waals surface area contributed by atoms with Crippen LogP contribution in [-0.4, -0.2) is 76.2 Å². The lowest BCUT2D eigenvalue weighted by Gasteiger charge is -2.35. The van der Waals surface area contributed by atoms with E-state index in [1.807, 2.05) is 6.92 Å². The highest BCUT2D eigenvalue weighted by atomic mass is 16.6. The maximum Gasteiger partial charge on any atom is 0.417 e. The van der Waals surface area contributed by atoms with Gasteiger partial charge in [0.25, 0.3) is 0 Å². The second kappa shape index (κ2) is 8.87. The lowest BCUT2D eigenvalue weighted by molar-refractivity contribution is -0.134. The molecule has 9 nitrogen and oxygen atoms in total. The van der Waals surface area contributed by atoms with Gasteiger partial charge < -0.3 is 19.3 Å². The Morgan fingerprint density at radius 2 is 1.97 bits per heavy atom. The van der Waals surface area contributed by atoms with Gasteiger partial charge in [-0.2, -0.15) is 0 Å². The van der Waals surface area contributed by atoms with Crippen LogP contribution in [0.25, 0.3) is 0 Å². The van der Waals surface area contributed by atoms with E-state index >= 15 is 0 Å². The zero-order chi connectivity index (χ0) is 22.0. The molecule has 2 heterocycles. The van der Waals surface area contributed by atoms with Gasteiger partial charge in [-0.05, 0) is 47.5 Å². The Kier molecular flexibility index (Phi) is 7.16. The van der Waals surface area contributed by atoms with Crippen LogP contribution in [0.4, 0.5) is 9.59 Å². The number of rotatable bonds is 5. The van der Waals surface area contributed by atoms with Gasteiger partial charge in [-0.15, -0.1) is 0 Å². The molecule has 2 fully saturated rings. The maximum atomic E-state index is 12.8. The van der Waals surface area contributed by atoms with E-state index in [1.165, 1.54) is 4.90 Å². The Bertz CT molecular complexity index is 629. The van der Waals surface area contributed by atoms with Gasteiger partial charge in [0.2, 0.25) is 5.91 Å². The first-order chi connectivity index (χ1) is 13.4.